The Morgan fingerprint density at radius 2 is 2.28 bits per heavy atom. The summed E-state index contributed by atoms with van der Waals surface area (Å²) in [4.78, 5) is 22.1. The summed E-state index contributed by atoms with van der Waals surface area (Å²) in [7, 11) is 0. The van der Waals surface area contributed by atoms with Gasteiger partial charge in [0.2, 0.25) is 0 Å². The Labute approximate surface area is 147 Å². The van der Waals surface area contributed by atoms with Crippen LogP contribution in [0, 0.1) is 12.8 Å². The van der Waals surface area contributed by atoms with Crippen LogP contribution in [0.15, 0.2) is 47.8 Å². The lowest BCUT2D eigenvalue weighted by molar-refractivity contribution is 0.155. The molecule has 1 atom stereocenters. The molecule has 1 aliphatic heterocycles. The predicted octanol–water partition coefficient (Wildman–Crippen LogP) is 2.95. The number of aromatic nitrogens is 3. The molecule has 0 spiro atoms. The van der Waals surface area contributed by atoms with Gasteiger partial charge in [0, 0.05) is 37.6 Å². The third-order valence-electron chi connectivity index (χ3n) is 5.19. The minimum absolute atomic E-state index is 0.0403. The summed E-state index contributed by atoms with van der Waals surface area (Å²) in [5.41, 5.74) is 2.97. The van der Waals surface area contributed by atoms with E-state index in [1.807, 2.05) is 37.8 Å². The predicted molar refractivity (Wildman–Crippen MR) is 99.5 cm³/mol. The summed E-state index contributed by atoms with van der Waals surface area (Å²) in [6.45, 7) is 5.85. The maximum atomic E-state index is 12.5. The van der Waals surface area contributed by atoms with E-state index in [4.69, 9.17) is 0 Å². The number of fused-ring (bicyclic) bond motifs is 1. The molecule has 1 fully saturated rings. The summed E-state index contributed by atoms with van der Waals surface area (Å²) in [5.74, 6) is 0.615. The first-order valence-electron chi connectivity index (χ1n) is 8.98. The van der Waals surface area contributed by atoms with Gasteiger partial charge in [0.1, 0.15) is 0 Å². The van der Waals surface area contributed by atoms with Gasteiger partial charge in [0.25, 0.3) is 5.56 Å². The lowest BCUT2D eigenvalue weighted by Gasteiger charge is -2.32. The maximum Gasteiger partial charge on any atom is 0.252 e. The van der Waals surface area contributed by atoms with Crippen LogP contribution in [0.4, 0.5) is 0 Å². The first kappa shape index (κ1) is 16.1. The molecule has 2 aromatic heterocycles. The van der Waals surface area contributed by atoms with E-state index in [0.717, 1.165) is 48.2 Å². The van der Waals surface area contributed by atoms with Gasteiger partial charge in [0.05, 0.1) is 11.8 Å². The third-order valence-corrected chi connectivity index (χ3v) is 5.19. The largest absolute Gasteiger partial charge is 0.337 e. The zero-order valence-electron chi connectivity index (χ0n) is 14.6. The number of para-hydroxylation sites is 1. The van der Waals surface area contributed by atoms with E-state index < -0.39 is 0 Å². The Balaban J connectivity index is 1.50. The number of nitrogens with one attached hydrogen (secondary N) is 1. The highest BCUT2D eigenvalue weighted by Crippen LogP contribution is 2.21. The van der Waals surface area contributed by atoms with Crippen LogP contribution in [-0.2, 0) is 13.1 Å². The van der Waals surface area contributed by atoms with E-state index in [1.165, 1.54) is 12.8 Å². The lowest BCUT2D eigenvalue weighted by atomic mass is 9.97. The van der Waals surface area contributed by atoms with Crippen LogP contribution < -0.4 is 5.56 Å². The second kappa shape index (κ2) is 6.84. The van der Waals surface area contributed by atoms with E-state index in [9.17, 15) is 4.79 Å². The Hall–Kier alpha value is -2.40. The molecule has 130 valence electrons. The van der Waals surface area contributed by atoms with Crippen LogP contribution in [0.3, 0.4) is 0 Å². The van der Waals surface area contributed by atoms with Crippen molar-refractivity contribution < 1.29 is 0 Å². The van der Waals surface area contributed by atoms with Crippen LogP contribution in [0.2, 0.25) is 0 Å². The van der Waals surface area contributed by atoms with Crippen molar-refractivity contribution in [1.29, 1.82) is 0 Å². The van der Waals surface area contributed by atoms with Crippen molar-refractivity contribution >= 4 is 10.9 Å². The Kier molecular flexibility index (Phi) is 4.40. The van der Waals surface area contributed by atoms with Crippen molar-refractivity contribution in [1.82, 2.24) is 19.4 Å². The summed E-state index contributed by atoms with van der Waals surface area (Å²) in [6.07, 6.45) is 8.16. The molecule has 3 aromatic rings. The van der Waals surface area contributed by atoms with Gasteiger partial charge >= 0.3 is 0 Å². The summed E-state index contributed by atoms with van der Waals surface area (Å²) in [5, 5.41) is 1.11. The first-order valence-corrected chi connectivity index (χ1v) is 8.98. The van der Waals surface area contributed by atoms with Crippen LogP contribution in [0.5, 0.6) is 0 Å². The standard InChI is InChI=1S/C20H24N4O/c1-15-4-2-6-17-10-18(20(25)22-19(15)17)13-23-8-3-5-16(11-23)12-24-9-7-21-14-24/h2,4,6-7,9-10,14,16H,3,5,8,11-13H2,1H3,(H,22,25)/t16-/m1/s1. The SMILES string of the molecule is Cc1cccc2cc(CN3CCC[C@@H](Cn4ccnc4)C3)c(=O)[nH]c12. The molecule has 0 aliphatic carbocycles. The Morgan fingerprint density at radius 1 is 1.36 bits per heavy atom. The average Bonchev–Trinajstić information content (AvgIpc) is 3.10. The molecule has 1 N–H and O–H groups in total. The van der Waals surface area contributed by atoms with Crippen LogP contribution in [0.25, 0.3) is 10.9 Å². The van der Waals surface area contributed by atoms with Gasteiger partial charge in [0.15, 0.2) is 0 Å². The zero-order valence-corrected chi connectivity index (χ0v) is 14.6. The highest BCUT2D eigenvalue weighted by Gasteiger charge is 2.21. The maximum absolute atomic E-state index is 12.5. The highest BCUT2D eigenvalue weighted by molar-refractivity contribution is 5.81. The number of piperidine rings is 1. The number of nitrogens with zero attached hydrogens (tertiary/aromatic N) is 3. The Bertz CT molecular complexity index is 913. The van der Waals surface area contributed by atoms with E-state index in [0.29, 0.717) is 5.92 Å². The number of imidazole rings is 1. The molecule has 0 bridgehead atoms. The van der Waals surface area contributed by atoms with Crippen LogP contribution in [0.1, 0.15) is 24.0 Å². The number of rotatable bonds is 4. The minimum atomic E-state index is 0.0403. The summed E-state index contributed by atoms with van der Waals surface area (Å²) in [6, 6.07) is 8.20. The van der Waals surface area contributed by atoms with Crippen molar-refractivity contribution in [2.24, 2.45) is 5.92 Å². The zero-order chi connectivity index (χ0) is 17.2. The normalized spacial score (nSPS) is 18.7. The second-order valence-electron chi connectivity index (χ2n) is 7.17. The molecule has 4 rings (SSSR count). The molecule has 1 aromatic carbocycles. The fourth-order valence-electron chi connectivity index (χ4n) is 3.92. The molecule has 0 unspecified atom stereocenters. The van der Waals surface area contributed by atoms with Crippen molar-refractivity contribution in [3.8, 4) is 0 Å². The number of likely N-dealkylation sites (tertiary alicyclic amines) is 1. The van der Waals surface area contributed by atoms with Crippen LogP contribution in [-0.4, -0.2) is 32.5 Å². The molecule has 0 amide bonds. The highest BCUT2D eigenvalue weighted by atomic mass is 16.1. The van der Waals surface area contributed by atoms with Gasteiger partial charge in [-0.15, -0.1) is 0 Å². The van der Waals surface area contributed by atoms with Crippen molar-refractivity contribution in [3.05, 3.63) is 64.5 Å². The smallest absolute Gasteiger partial charge is 0.252 e. The molecule has 0 saturated carbocycles. The third kappa shape index (κ3) is 3.51. The average molecular weight is 336 g/mol. The van der Waals surface area contributed by atoms with Gasteiger partial charge in [-0.05, 0) is 49.2 Å². The van der Waals surface area contributed by atoms with Gasteiger partial charge in [-0.1, -0.05) is 18.2 Å². The van der Waals surface area contributed by atoms with Gasteiger partial charge in [-0.3, -0.25) is 9.69 Å². The minimum Gasteiger partial charge on any atom is -0.337 e. The molecule has 0 radical (unpaired) electrons. The van der Waals surface area contributed by atoms with Crippen LogP contribution >= 0.6 is 0 Å². The lowest BCUT2D eigenvalue weighted by Crippen LogP contribution is -2.37. The number of hydrogen-bond acceptors (Lipinski definition) is 3. The fraction of sp³-hybridized carbons (Fsp3) is 0.400. The molecule has 3 heterocycles. The molecular weight excluding hydrogens is 312 g/mol. The van der Waals surface area contributed by atoms with Gasteiger partial charge < -0.3 is 9.55 Å². The van der Waals surface area contributed by atoms with Crippen molar-refractivity contribution in [3.63, 3.8) is 0 Å². The van der Waals surface area contributed by atoms with E-state index >= 15 is 0 Å². The molecule has 5 heteroatoms. The number of aryl methyl sites for hydroxylation is 1. The quantitative estimate of drug-likeness (QED) is 0.797. The molecular formula is C20H24N4O. The van der Waals surface area contributed by atoms with Gasteiger partial charge in [-0.2, -0.15) is 0 Å². The van der Waals surface area contributed by atoms with Crippen molar-refractivity contribution in [2.45, 2.75) is 32.9 Å². The summed E-state index contributed by atoms with van der Waals surface area (Å²) >= 11 is 0. The van der Waals surface area contributed by atoms with E-state index in [-0.39, 0.29) is 5.56 Å². The molecule has 5 nitrogen and oxygen atoms in total. The van der Waals surface area contributed by atoms with E-state index in [1.54, 1.807) is 0 Å². The van der Waals surface area contributed by atoms with E-state index in [2.05, 4.69) is 31.6 Å². The first-order chi connectivity index (χ1) is 12.2. The topological polar surface area (TPSA) is 53.9 Å². The monoisotopic (exact) mass is 336 g/mol. The van der Waals surface area contributed by atoms with Gasteiger partial charge in [-0.25, -0.2) is 4.98 Å². The molecule has 1 saturated heterocycles. The fourth-order valence-corrected chi connectivity index (χ4v) is 3.92. The Morgan fingerprint density at radius 3 is 3.12 bits per heavy atom. The molecule has 25 heavy (non-hydrogen) atoms. The number of pyridine rings is 1. The number of benzene rings is 1. The number of hydrogen-bond donors (Lipinski definition) is 1. The number of aromatic amines is 1. The summed E-state index contributed by atoms with van der Waals surface area (Å²) < 4.78 is 2.15. The number of H-pyrrole nitrogens is 1. The molecule has 1 aliphatic rings. The van der Waals surface area contributed by atoms with Crippen molar-refractivity contribution in [2.75, 3.05) is 13.1 Å². The second-order valence-corrected chi connectivity index (χ2v) is 7.17.